The highest BCUT2D eigenvalue weighted by Crippen LogP contribution is 2.23. The zero-order valence-electron chi connectivity index (χ0n) is 18.0. The summed E-state index contributed by atoms with van der Waals surface area (Å²) < 4.78 is 30.6. The summed E-state index contributed by atoms with van der Waals surface area (Å²) in [6.07, 6.45) is 5.02. The Balaban J connectivity index is 1.96. The molecule has 0 aliphatic rings. The van der Waals surface area contributed by atoms with Crippen LogP contribution in [-0.2, 0) is 10.0 Å². The van der Waals surface area contributed by atoms with E-state index in [-0.39, 0.29) is 18.5 Å². The smallest absolute Gasteiger partial charge is 0.254 e. The fraction of sp³-hybridized carbons (Fsp3) is 0.429. The van der Waals surface area contributed by atoms with Crippen LogP contribution in [-0.4, -0.2) is 62.7 Å². The van der Waals surface area contributed by atoms with Crippen LogP contribution >= 0.6 is 11.6 Å². The van der Waals surface area contributed by atoms with Crippen LogP contribution in [0, 0.1) is 0 Å². The quantitative estimate of drug-likeness (QED) is 0.464. The van der Waals surface area contributed by atoms with E-state index in [1.165, 1.54) is 0 Å². The topological polar surface area (TPSA) is 101 Å². The van der Waals surface area contributed by atoms with Gasteiger partial charge in [0.15, 0.2) is 0 Å². The number of halogens is 1. The lowest BCUT2D eigenvalue weighted by Gasteiger charge is -2.27. The first kappa shape index (κ1) is 24.9. The Labute approximate surface area is 189 Å². The summed E-state index contributed by atoms with van der Waals surface area (Å²) >= 11 is 6.21. The van der Waals surface area contributed by atoms with Gasteiger partial charge >= 0.3 is 0 Å². The number of anilines is 1. The molecule has 10 heteroatoms. The summed E-state index contributed by atoms with van der Waals surface area (Å²) in [7, 11) is -3.25. The van der Waals surface area contributed by atoms with Crippen LogP contribution in [0.15, 0.2) is 42.7 Å². The molecule has 1 aromatic carbocycles. The zero-order chi connectivity index (χ0) is 22.9. The van der Waals surface area contributed by atoms with Gasteiger partial charge in [-0.3, -0.25) is 9.78 Å². The highest BCUT2D eigenvalue weighted by molar-refractivity contribution is 7.88. The predicted molar refractivity (Wildman–Crippen MR) is 123 cm³/mol. The van der Waals surface area contributed by atoms with Crippen LogP contribution in [0.2, 0.25) is 5.02 Å². The highest BCUT2D eigenvalue weighted by atomic mass is 35.5. The maximum Gasteiger partial charge on any atom is 0.254 e. The van der Waals surface area contributed by atoms with Gasteiger partial charge in [0.1, 0.15) is 12.4 Å². The molecule has 0 saturated carbocycles. The van der Waals surface area contributed by atoms with Gasteiger partial charge in [-0.1, -0.05) is 11.6 Å². The number of sulfonamides is 1. The molecule has 1 heterocycles. The summed E-state index contributed by atoms with van der Waals surface area (Å²) in [5.41, 5.74) is 1.37. The van der Waals surface area contributed by atoms with Gasteiger partial charge in [-0.05, 0) is 50.6 Å². The number of nitrogens with zero attached hydrogens (tertiary/aromatic N) is 2. The van der Waals surface area contributed by atoms with Crippen molar-refractivity contribution in [3.63, 3.8) is 0 Å². The number of aromatic nitrogens is 1. The van der Waals surface area contributed by atoms with E-state index in [9.17, 15) is 13.2 Å². The largest absolute Gasteiger partial charge is 0.492 e. The molecule has 1 aromatic heterocycles. The maximum atomic E-state index is 13.1. The van der Waals surface area contributed by atoms with E-state index in [1.807, 2.05) is 26.0 Å². The van der Waals surface area contributed by atoms with Crippen LogP contribution in [0.4, 0.5) is 5.69 Å². The second-order valence-corrected chi connectivity index (χ2v) is 9.57. The molecular formula is C21H29ClN4O4S. The van der Waals surface area contributed by atoms with Crippen LogP contribution in [0.3, 0.4) is 0 Å². The fourth-order valence-corrected chi connectivity index (χ4v) is 3.61. The van der Waals surface area contributed by atoms with Gasteiger partial charge in [0, 0.05) is 54.3 Å². The van der Waals surface area contributed by atoms with Crippen molar-refractivity contribution in [1.82, 2.24) is 14.6 Å². The lowest BCUT2D eigenvalue weighted by Crippen LogP contribution is -2.39. The maximum absolute atomic E-state index is 13.1. The Bertz CT molecular complexity index is 955. The van der Waals surface area contributed by atoms with Crippen molar-refractivity contribution in [2.75, 3.05) is 37.8 Å². The summed E-state index contributed by atoms with van der Waals surface area (Å²) in [5, 5.41) is 3.63. The molecule has 0 aliphatic carbocycles. The molecule has 0 saturated heterocycles. The molecule has 1 amide bonds. The van der Waals surface area contributed by atoms with E-state index >= 15 is 0 Å². The number of nitrogens with one attached hydrogen (secondary N) is 2. The number of carbonyl (C=O) groups excluding carboxylic acids is 1. The van der Waals surface area contributed by atoms with E-state index in [4.69, 9.17) is 16.3 Å². The Morgan fingerprint density at radius 2 is 1.90 bits per heavy atom. The number of ether oxygens (including phenoxy) is 1. The molecule has 0 bridgehead atoms. The number of hydrogen-bond donors (Lipinski definition) is 2. The average molecular weight is 469 g/mol. The third-order valence-electron chi connectivity index (χ3n) is 4.32. The third-order valence-corrected chi connectivity index (χ3v) is 5.27. The molecule has 0 spiro atoms. The second-order valence-electron chi connectivity index (χ2n) is 7.30. The molecular weight excluding hydrogens is 440 g/mol. The van der Waals surface area contributed by atoms with E-state index in [2.05, 4.69) is 15.0 Å². The Morgan fingerprint density at radius 1 is 1.19 bits per heavy atom. The molecule has 2 aromatic rings. The van der Waals surface area contributed by atoms with Crippen molar-refractivity contribution in [2.24, 2.45) is 0 Å². The molecule has 0 atom stereocenters. The van der Waals surface area contributed by atoms with Crippen LogP contribution in [0.25, 0.3) is 0 Å². The lowest BCUT2D eigenvalue weighted by atomic mass is 10.1. The van der Waals surface area contributed by atoms with Gasteiger partial charge in [0.2, 0.25) is 10.0 Å². The summed E-state index contributed by atoms with van der Waals surface area (Å²) in [6, 6.07) is 8.62. The minimum absolute atomic E-state index is 0.0568. The molecule has 0 radical (unpaired) electrons. The second kappa shape index (κ2) is 11.9. The van der Waals surface area contributed by atoms with Crippen molar-refractivity contribution in [1.29, 1.82) is 0 Å². The minimum atomic E-state index is -3.25. The standard InChI is InChI=1S/C21H29ClN4O4S/c1-16(2)26(11-4-7-25-31(3,28)29)21(27)17-13-18(22)15-20(14-17)30-12-10-24-19-5-8-23-9-6-19/h5-6,8-9,13-16,25H,4,7,10-12H2,1-3H3,(H,23,24). The molecule has 0 aliphatic heterocycles. The summed E-state index contributed by atoms with van der Waals surface area (Å²) in [6.45, 7) is 5.47. The van der Waals surface area contributed by atoms with Crippen LogP contribution in [0.1, 0.15) is 30.6 Å². The van der Waals surface area contributed by atoms with Crippen molar-refractivity contribution in [2.45, 2.75) is 26.3 Å². The zero-order valence-corrected chi connectivity index (χ0v) is 19.5. The molecule has 0 unspecified atom stereocenters. The molecule has 2 rings (SSSR count). The van der Waals surface area contributed by atoms with Gasteiger partial charge in [-0.15, -0.1) is 0 Å². The Kier molecular flexibility index (Phi) is 9.54. The Morgan fingerprint density at radius 3 is 2.55 bits per heavy atom. The molecule has 8 nitrogen and oxygen atoms in total. The molecule has 31 heavy (non-hydrogen) atoms. The van der Waals surface area contributed by atoms with Crippen molar-refractivity contribution in [3.8, 4) is 5.75 Å². The van der Waals surface area contributed by atoms with E-state index in [0.717, 1.165) is 11.9 Å². The number of carbonyl (C=O) groups is 1. The molecule has 2 N–H and O–H groups in total. The lowest BCUT2D eigenvalue weighted by molar-refractivity contribution is 0.0704. The van der Waals surface area contributed by atoms with Gasteiger partial charge in [0.25, 0.3) is 5.91 Å². The van der Waals surface area contributed by atoms with Gasteiger partial charge in [0.05, 0.1) is 6.26 Å². The van der Waals surface area contributed by atoms with Gasteiger partial charge in [-0.2, -0.15) is 0 Å². The first-order valence-electron chi connectivity index (χ1n) is 9.98. The van der Waals surface area contributed by atoms with E-state index < -0.39 is 10.0 Å². The molecule has 0 fully saturated rings. The van der Waals surface area contributed by atoms with Crippen LogP contribution in [0.5, 0.6) is 5.75 Å². The van der Waals surface area contributed by atoms with Crippen LogP contribution < -0.4 is 14.8 Å². The number of benzene rings is 1. The first-order chi connectivity index (χ1) is 14.7. The number of amides is 1. The van der Waals surface area contributed by atoms with E-state index in [0.29, 0.717) is 42.5 Å². The number of pyridine rings is 1. The predicted octanol–water partition coefficient (Wildman–Crippen LogP) is 3.02. The van der Waals surface area contributed by atoms with Crippen molar-refractivity contribution < 1.29 is 17.9 Å². The van der Waals surface area contributed by atoms with Gasteiger partial charge < -0.3 is 15.0 Å². The molecule has 170 valence electrons. The monoisotopic (exact) mass is 468 g/mol. The summed E-state index contributed by atoms with van der Waals surface area (Å²) in [5.74, 6) is 0.325. The normalized spacial score (nSPS) is 11.4. The first-order valence-corrected chi connectivity index (χ1v) is 12.3. The van der Waals surface area contributed by atoms with Gasteiger partial charge in [-0.25, -0.2) is 13.1 Å². The summed E-state index contributed by atoms with van der Waals surface area (Å²) in [4.78, 5) is 18.7. The van der Waals surface area contributed by atoms with E-state index in [1.54, 1.807) is 35.5 Å². The highest BCUT2D eigenvalue weighted by Gasteiger charge is 2.20. The number of rotatable bonds is 12. The fourth-order valence-electron chi connectivity index (χ4n) is 2.87. The number of hydrogen-bond acceptors (Lipinski definition) is 6. The minimum Gasteiger partial charge on any atom is -0.492 e. The SMILES string of the molecule is CC(C)N(CCCNS(C)(=O)=O)C(=O)c1cc(Cl)cc(OCCNc2ccncc2)c1. The Hall–Kier alpha value is -2.36. The van der Waals surface area contributed by atoms with Crippen molar-refractivity contribution in [3.05, 3.63) is 53.3 Å². The average Bonchev–Trinajstić information content (AvgIpc) is 2.70. The third kappa shape index (κ3) is 9.12. The van der Waals surface area contributed by atoms with Crippen molar-refractivity contribution >= 4 is 33.2 Å².